The van der Waals surface area contributed by atoms with E-state index >= 15 is 0 Å². The van der Waals surface area contributed by atoms with Crippen molar-refractivity contribution in [3.63, 3.8) is 0 Å². The first kappa shape index (κ1) is 31.5. The van der Waals surface area contributed by atoms with Gasteiger partial charge in [-0.3, -0.25) is 18.2 Å². The van der Waals surface area contributed by atoms with Crippen LogP contribution in [0.4, 0.5) is 5.69 Å². The second-order valence-electron chi connectivity index (χ2n) is 10.1. The van der Waals surface area contributed by atoms with E-state index in [4.69, 9.17) is 14.2 Å². The second-order valence-corrected chi connectivity index (χ2v) is 12.2. The summed E-state index contributed by atoms with van der Waals surface area (Å²) in [6.07, 6.45) is 0.137. The molecule has 0 radical (unpaired) electrons. The summed E-state index contributed by atoms with van der Waals surface area (Å²) in [6.45, 7) is 3.38. The van der Waals surface area contributed by atoms with Crippen molar-refractivity contribution in [1.82, 2.24) is 10.6 Å². The molecule has 0 spiro atoms. The monoisotopic (exact) mass is 599 g/mol. The minimum absolute atomic E-state index is 0.218. The zero-order chi connectivity index (χ0) is 30.1. The van der Waals surface area contributed by atoms with Gasteiger partial charge in [-0.15, -0.1) is 10.8 Å². The maximum Gasteiger partial charge on any atom is 0.251 e. The molecule has 3 aromatic carbocycles. The number of methoxy groups -OCH3 is 2. The number of ether oxygens (including phenoxy) is 3. The SMILES string of the molecule is CCOc1cc(C(=O)N[C@@H](Cc2ccccc2)[C@@H](O)CNCc2cc(OC)cc(OC)c2)cc(N2CCCS2(O)O)c1. The molecule has 0 aromatic heterocycles. The fraction of sp³-hybridized carbons (Fsp3) is 0.387. The highest BCUT2D eigenvalue weighted by molar-refractivity contribution is 8.25. The summed E-state index contributed by atoms with van der Waals surface area (Å²) < 4.78 is 39.0. The van der Waals surface area contributed by atoms with Crippen molar-refractivity contribution in [2.75, 3.05) is 44.0 Å². The molecule has 4 rings (SSSR count). The van der Waals surface area contributed by atoms with Crippen molar-refractivity contribution >= 4 is 22.4 Å². The maximum atomic E-state index is 13.6. The van der Waals surface area contributed by atoms with Crippen molar-refractivity contribution in [1.29, 1.82) is 0 Å². The van der Waals surface area contributed by atoms with Gasteiger partial charge in [0.25, 0.3) is 5.91 Å². The number of hydrogen-bond donors (Lipinski definition) is 5. The largest absolute Gasteiger partial charge is 0.497 e. The van der Waals surface area contributed by atoms with Crippen LogP contribution in [0, 0.1) is 0 Å². The third-order valence-corrected chi connectivity index (χ3v) is 8.99. The number of aliphatic hydroxyl groups excluding tert-OH is 1. The van der Waals surface area contributed by atoms with Crippen molar-refractivity contribution < 1.29 is 33.2 Å². The molecular formula is C31H41N3O7S. The molecule has 5 N–H and O–H groups in total. The van der Waals surface area contributed by atoms with E-state index in [0.29, 0.717) is 61.0 Å². The zero-order valence-corrected chi connectivity index (χ0v) is 25.1. The van der Waals surface area contributed by atoms with Gasteiger partial charge in [-0.05, 0) is 55.2 Å². The molecule has 10 nitrogen and oxygen atoms in total. The Labute approximate surface area is 249 Å². The van der Waals surface area contributed by atoms with Gasteiger partial charge in [-0.2, -0.15) is 0 Å². The van der Waals surface area contributed by atoms with E-state index in [-0.39, 0.29) is 12.3 Å². The lowest BCUT2D eigenvalue weighted by Gasteiger charge is -2.38. The van der Waals surface area contributed by atoms with E-state index in [9.17, 15) is 19.0 Å². The lowest BCUT2D eigenvalue weighted by atomic mass is 10.00. The Bertz CT molecular complexity index is 1300. The minimum atomic E-state index is -2.95. The Morgan fingerprint density at radius 1 is 0.976 bits per heavy atom. The van der Waals surface area contributed by atoms with Crippen LogP contribution in [0.2, 0.25) is 0 Å². The summed E-state index contributed by atoms with van der Waals surface area (Å²) in [5, 5.41) is 17.5. The van der Waals surface area contributed by atoms with Gasteiger partial charge in [0.15, 0.2) is 0 Å². The average Bonchev–Trinajstić information content (AvgIpc) is 3.35. The summed E-state index contributed by atoms with van der Waals surface area (Å²) in [5.74, 6) is 1.69. The number of hydrogen-bond acceptors (Lipinski definition) is 9. The second kappa shape index (κ2) is 14.6. The first-order valence-corrected chi connectivity index (χ1v) is 15.7. The summed E-state index contributed by atoms with van der Waals surface area (Å²) >= 11 is 0. The lowest BCUT2D eigenvalue weighted by molar-refractivity contribution is 0.0829. The molecule has 1 aliphatic rings. The molecule has 0 bridgehead atoms. The number of carbonyl (C=O) groups excluding carboxylic acids is 1. The number of amides is 1. The number of rotatable bonds is 14. The Balaban J connectivity index is 1.51. The van der Waals surface area contributed by atoms with Crippen LogP contribution in [0.5, 0.6) is 17.2 Å². The van der Waals surface area contributed by atoms with Gasteiger partial charge in [0.05, 0.1) is 44.4 Å². The van der Waals surface area contributed by atoms with Crippen LogP contribution in [0.25, 0.3) is 0 Å². The summed E-state index contributed by atoms with van der Waals surface area (Å²) in [4.78, 5) is 13.6. The molecule has 0 aliphatic carbocycles. The molecule has 0 unspecified atom stereocenters. The molecular weight excluding hydrogens is 558 g/mol. The Morgan fingerprint density at radius 3 is 2.31 bits per heavy atom. The number of nitrogens with one attached hydrogen (secondary N) is 2. The van der Waals surface area contributed by atoms with Gasteiger partial charge in [0.1, 0.15) is 17.2 Å². The molecule has 42 heavy (non-hydrogen) atoms. The maximum absolute atomic E-state index is 13.6. The van der Waals surface area contributed by atoms with Crippen LogP contribution in [-0.4, -0.2) is 71.9 Å². The van der Waals surface area contributed by atoms with Gasteiger partial charge >= 0.3 is 0 Å². The molecule has 1 heterocycles. The van der Waals surface area contributed by atoms with Crippen molar-refractivity contribution in [2.24, 2.45) is 0 Å². The molecule has 2 atom stereocenters. The van der Waals surface area contributed by atoms with Gasteiger partial charge in [0.2, 0.25) is 0 Å². The Morgan fingerprint density at radius 2 is 1.69 bits per heavy atom. The van der Waals surface area contributed by atoms with E-state index in [2.05, 4.69) is 10.6 Å². The minimum Gasteiger partial charge on any atom is -0.497 e. The molecule has 11 heteroatoms. The number of nitrogens with zero attached hydrogens (tertiary/aromatic N) is 1. The van der Waals surface area contributed by atoms with Crippen LogP contribution in [0.1, 0.15) is 34.8 Å². The number of anilines is 1. The van der Waals surface area contributed by atoms with Crippen LogP contribution >= 0.6 is 10.8 Å². The third-order valence-electron chi connectivity index (χ3n) is 7.06. The highest BCUT2D eigenvalue weighted by Gasteiger charge is 2.30. The van der Waals surface area contributed by atoms with Crippen molar-refractivity contribution in [2.45, 2.75) is 38.5 Å². The standard InChI is InChI=1S/C31H41N3O7S/c1-4-41-28-17-24(16-25(18-28)34-11-8-12-42(34,37)38)31(36)33-29(15-22-9-6-5-7-10-22)30(35)21-32-20-23-13-26(39-2)19-27(14-23)40-3/h5-7,9-10,13-14,16-19,29-30,32,35,37-38H,4,8,11-12,15,20-21H2,1-3H3,(H,33,36)/t29-,30-/m0/s1. The summed E-state index contributed by atoms with van der Waals surface area (Å²) in [6, 6.07) is 19.6. The highest BCUT2D eigenvalue weighted by Crippen LogP contribution is 2.51. The molecule has 228 valence electrons. The molecule has 3 aromatic rings. The van der Waals surface area contributed by atoms with Crippen molar-refractivity contribution in [3.8, 4) is 17.2 Å². The van der Waals surface area contributed by atoms with Gasteiger partial charge < -0.3 is 30.0 Å². The predicted molar refractivity (Wildman–Crippen MR) is 166 cm³/mol. The lowest BCUT2D eigenvalue weighted by Crippen LogP contribution is -2.48. The Hall–Kier alpha value is -3.48. The fourth-order valence-corrected chi connectivity index (χ4v) is 6.54. The van der Waals surface area contributed by atoms with Crippen LogP contribution in [0.3, 0.4) is 0 Å². The third kappa shape index (κ3) is 8.30. The first-order valence-electron chi connectivity index (χ1n) is 14.0. The predicted octanol–water partition coefficient (Wildman–Crippen LogP) is 4.47. The topological polar surface area (TPSA) is 133 Å². The van der Waals surface area contributed by atoms with Crippen LogP contribution in [0.15, 0.2) is 66.7 Å². The van der Waals surface area contributed by atoms with E-state index in [1.807, 2.05) is 49.4 Å². The highest BCUT2D eigenvalue weighted by atomic mass is 32.3. The van der Waals surface area contributed by atoms with E-state index in [0.717, 1.165) is 11.1 Å². The van der Waals surface area contributed by atoms with Crippen LogP contribution in [-0.2, 0) is 13.0 Å². The average molecular weight is 600 g/mol. The van der Waals surface area contributed by atoms with E-state index < -0.39 is 28.8 Å². The zero-order valence-electron chi connectivity index (χ0n) is 24.3. The number of aliphatic hydroxyl groups is 1. The number of carbonyl (C=O) groups is 1. The van der Waals surface area contributed by atoms with E-state index in [1.165, 1.54) is 0 Å². The Kier molecular flexibility index (Phi) is 10.9. The van der Waals surface area contributed by atoms with Crippen molar-refractivity contribution in [3.05, 3.63) is 83.4 Å². The fourth-order valence-electron chi connectivity index (χ4n) is 4.94. The smallest absolute Gasteiger partial charge is 0.251 e. The molecule has 1 fully saturated rings. The van der Waals surface area contributed by atoms with Gasteiger partial charge in [0, 0.05) is 37.3 Å². The molecule has 1 aliphatic heterocycles. The number of benzene rings is 3. The normalized spacial score (nSPS) is 16.4. The molecule has 1 amide bonds. The van der Waals surface area contributed by atoms with Gasteiger partial charge in [-0.1, -0.05) is 30.3 Å². The quantitative estimate of drug-likeness (QED) is 0.182. The summed E-state index contributed by atoms with van der Waals surface area (Å²) in [5.41, 5.74) is 2.71. The van der Waals surface area contributed by atoms with E-state index in [1.54, 1.807) is 42.8 Å². The summed E-state index contributed by atoms with van der Waals surface area (Å²) in [7, 11) is 0.235. The molecule has 1 saturated heterocycles. The first-order chi connectivity index (χ1) is 20.2. The molecule has 0 saturated carbocycles. The van der Waals surface area contributed by atoms with Gasteiger partial charge in [-0.25, -0.2) is 0 Å². The van der Waals surface area contributed by atoms with Crippen LogP contribution < -0.4 is 29.1 Å².